The van der Waals surface area contributed by atoms with Crippen LogP contribution in [0, 0.1) is 11.8 Å². The molecule has 0 aromatic rings. The number of amides is 1. The second kappa shape index (κ2) is 7.38. The van der Waals surface area contributed by atoms with Crippen LogP contribution in [0.5, 0.6) is 0 Å². The predicted molar refractivity (Wildman–Crippen MR) is 79.4 cm³/mol. The highest BCUT2D eigenvalue weighted by Gasteiger charge is 2.29. The summed E-state index contributed by atoms with van der Waals surface area (Å²) in [6.45, 7) is 10.6. The Bertz CT molecular complexity index is 316. The molecule has 2 rings (SSSR count). The van der Waals surface area contributed by atoms with E-state index in [1.807, 2.05) is 18.7 Å². The van der Waals surface area contributed by atoms with E-state index in [1.54, 1.807) is 0 Å². The Morgan fingerprint density at radius 3 is 2.65 bits per heavy atom. The topological polar surface area (TPSA) is 58.8 Å². The molecule has 1 amide bonds. The monoisotopic (exact) mass is 283 g/mol. The number of nitrogens with two attached hydrogens (primary N) is 1. The first-order valence-electron chi connectivity index (χ1n) is 7.92. The van der Waals surface area contributed by atoms with E-state index < -0.39 is 0 Å². The van der Waals surface area contributed by atoms with Crippen LogP contribution in [0.4, 0.5) is 0 Å². The van der Waals surface area contributed by atoms with Gasteiger partial charge in [-0.25, -0.2) is 0 Å². The number of likely N-dealkylation sites (tertiary alicyclic amines) is 1. The molecule has 2 heterocycles. The zero-order valence-electron chi connectivity index (χ0n) is 12.9. The van der Waals surface area contributed by atoms with Crippen molar-refractivity contribution < 1.29 is 9.53 Å². The van der Waals surface area contributed by atoms with Gasteiger partial charge in [-0.1, -0.05) is 13.8 Å². The zero-order valence-corrected chi connectivity index (χ0v) is 12.9. The SMILES string of the molecule is CC(C)[C@H](N)C(=O)N1CCC[C@@H](CN2CCOCC2)C1. The molecule has 0 aromatic heterocycles. The summed E-state index contributed by atoms with van der Waals surface area (Å²) < 4.78 is 5.38. The molecule has 0 radical (unpaired) electrons. The first-order valence-corrected chi connectivity index (χ1v) is 7.92. The van der Waals surface area contributed by atoms with Gasteiger partial charge in [0.05, 0.1) is 19.3 Å². The summed E-state index contributed by atoms with van der Waals surface area (Å²) in [4.78, 5) is 16.8. The molecule has 2 atom stereocenters. The van der Waals surface area contributed by atoms with Crippen molar-refractivity contribution in [2.24, 2.45) is 17.6 Å². The highest BCUT2D eigenvalue weighted by atomic mass is 16.5. The summed E-state index contributed by atoms with van der Waals surface area (Å²) in [5, 5.41) is 0. The summed E-state index contributed by atoms with van der Waals surface area (Å²) in [5.74, 6) is 0.930. The average Bonchev–Trinajstić information content (AvgIpc) is 2.47. The zero-order chi connectivity index (χ0) is 14.5. The van der Waals surface area contributed by atoms with Gasteiger partial charge in [0.25, 0.3) is 0 Å². The third kappa shape index (κ3) is 4.17. The lowest BCUT2D eigenvalue weighted by Gasteiger charge is -2.38. The molecule has 0 unspecified atom stereocenters. The normalized spacial score (nSPS) is 26.8. The fourth-order valence-electron chi connectivity index (χ4n) is 3.06. The molecule has 0 bridgehead atoms. The first kappa shape index (κ1) is 15.7. The van der Waals surface area contributed by atoms with Crippen molar-refractivity contribution in [3.05, 3.63) is 0 Å². The van der Waals surface area contributed by atoms with Crippen LogP contribution in [0.15, 0.2) is 0 Å². The van der Waals surface area contributed by atoms with Gasteiger partial charge in [0.1, 0.15) is 0 Å². The Hall–Kier alpha value is -0.650. The van der Waals surface area contributed by atoms with Gasteiger partial charge < -0.3 is 15.4 Å². The number of morpholine rings is 1. The van der Waals surface area contributed by atoms with Crippen LogP contribution in [0.3, 0.4) is 0 Å². The fraction of sp³-hybridized carbons (Fsp3) is 0.933. The van der Waals surface area contributed by atoms with Gasteiger partial charge in [-0.2, -0.15) is 0 Å². The minimum atomic E-state index is -0.350. The van der Waals surface area contributed by atoms with Gasteiger partial charge in [0, 0.05) is 32.7 Å². The van der Waals surface area contributed by atoms with Crippen molar-refractivity contribution in [1.82, 2.24) is 9.80 Å². The van der Waals surface area contributed by atoms with Gasteiger partial charge in [-0.15, -0.1) is 0 Å². The Morgan fingerprint density at radius 1 is 1.30 bits per heavy atom. The predicted octanol–water partition coefficient (Wildman–Crippen LogP) is 0.541. The third-order valence-electron chi connectivity index (χ3n) is 4.45. The molecular weight excluding hydrogens is 254 g/mol. The van der Waals surface area contributed by atoms with Gasteiger partial charge >= 0.3 is 0 Å². The quantitative estimate of drug-likeness (QED) is 0.818. The molecule has 0 saturated carbocycles. The summed E-state index contributed by atoms with van der Waals surface area (Å²) in [6.07, 6.45) is 2.32. The molecule has 2 fully saturated rings. The fourth-order valence-corrected chi connectivity index (χ4v) is 3.06. The second-order valence-corrected chi connectivity index (χ2v) is 6.48. The smallest absolute Gasteiger partial charge is 0.239 e. The number of hydrogen-bond donors (Lipinski definition) is 1. The van der Waals surface area contributed by atoms with E-state index in [-0.39, 0.29) is 17.9 Å². The van der Waals surface area contributed by atoms with Crippen LogP contribution in [-0.2, 0) is 9.53 Å². The molecule has 2 N–H and O–H groups in total. The molecule has 0 aliphatic carbocycles. The van der Waals surface area contributed by atoms with Crippen molar-refractivity contribution in [2.75, 3.05) is 45.9 Å². The van der Waals surface area contributed by atoms with Crippen LogP contribution >= 0.6 is 0 Å². The summed E-state index contributed by atoms with van der Waals surface area (Å²) in [7, 11) is 0. The number of piperidine rings is 1. The van der Waals surface area contributed by atoms with Crippen LogP contribution in [0.1, 0.15) is 26.7 Å². The van der Waals surface area contributed by atoms with Crippen LogP contribution in [0.25, 0.3) is 0 Å². The van der Waals surface area contributed by atoms with Gasteiger partial charge in [0.2, 0.25) is 5.91 Å². The summed E-state index contributed by atoms with van der Waals surface area (Å²) in [5.41, 5.74) is 6.00. The van der Waals surface area contributed by atoms with E-state index in [2.05, 4.69) is 4.90 Å². The van der Waals surface area contributed by atoms with E-state index in [9.17, 15) is 4.79 Å². The van der Waals surface area contributed by atoms with Crippen molar-refractivity contribution in [3.63, 3.8) is 0 Å². The third-order valence-corrected chi connectivity index (χ3v) is 4.45. The van der Waals surface area contributed by atoms with Crippen LogP contribution < -0.4 is 5.73 Å². The standard InChI is InChI=1S/C15H29N3O2/c1-12(2)14(16)15(19)18-5-3-4-13(11-18)10-17-6-8-20-9-7-17/h12-14H,3-11,16H2,1-2H3/t13-,14-/m0/s1. The van der Waals surface area contributed by atoms with E-state index in [0.717, 1.165) is 52.4 Å². The molecule has 116 valence electrons. The summed E-state index contributed by atoms with van der Waals surface area (Å²) >= 11 is 0. The van der Waals surface area contributed by atoms with E-state index in [4.69, 9.17) is 10.5 Å². The lowest BCUT2D eigenvalue weighted by atomic mass is 9.95. The van der Waals surface area contributed by atoms with E-state index in [0.29, 0.717) is 5.92 Å². The molecular formula is C15H29N3O2. The Balaban J connectivity index is 1.83. The first-order chi connectivity index (χ1) is 9.58. The molecule has 2 aliphatic rings. The minimum absolute atomic E-state index is 0.131. The lowest BCUT2D eigenvalue weighted by molar-refractivity contribution is -0.135. The van der Waals surface area contributed by atoms with Gasteiger partial charge in [-0.3, -0.25) is 9.69 Å². The molecule has 2 aliphatic heterocycles. The molecule has 5 heteroatoms. The van der Waals surface area contributed by atoms with Crippen molar-refractivity contribution in [2.45, 2.75) is 32.7 Å². The van der Waals surface area contributed by atoms with Crippen molar-refractivity contribution >= 4 is 5.91 Å². The maximum absolute atomic E-state index is 12.3. The van der Waals surface area contributed by atoms with Crippen molar-refractivity contribution in [3.8, 4) is 0 Å². The van der Waals surface area contributed by atoms with Crippen LogP contribution in [0.2, 0.25) is 0 Å². The highest BCUT2D eigenvalue weighted by Crippen LogP contribution is 2.19. The number of carbonyl (C=O) groups is 1. The van der Waals surface area contributed by atoms with Gasteiger partial charge in [-0.05, 0) is 24.7 Å². The van der Waals surface area contributed by atoms with Gasteiger partial charge in [0.15, 0.2) is 0 Å². The van der Waals surface area contributed by atoms with E-state index >= 15 is 0 Å². The number of carbonyl (C=O) groups excluding carboxylic acids is 1. The number of ether oxygens (including phenoxy) is 1. The molecule has 20 heavy (non-hydrogen) atoms. The molecule has 5 nitrogen and oxygen atoms in total. The second-order valence-electron chi connectivity index (χ2n) is 6.48. The highest BCUT2D eigenvalue weighted by molar-refractivity contribution is 5.82. The largest absolute Gasteiger partial charge is 0.379 e. The number of hydrogen-bond acceptors (Lipinski definition) is 4. The van der Waals surface area contributed by atoms with Crippen molar-refractivity contribution in [1.29, 1.82) is 0 Å². The lowest BCUT2D eigenvalue weighted by Crippen LogP contribution is -2.51. The van der Waals surface area contributed by atoms with E-state index in [1.165, 1.54) is 6.42 Å². The molecule has 0 spiro atoms. The minimum Gasteiger partial charge on any atom is -0.379 e. The summed E-state index contributed by atoms with van der Waals surface area (Å²) in [6, 6.07) is -0.350. The molecule has 2 saturated heterocycles. The number of rotatable bonds is 4. The Kier molecular flexibility index (Phi) is 5.81. The maximum Gasteiger partial charge on any atom is 0.239 e. The van der Waals surface area contributed by atoms with Crippen LogP contribution in [-0.4, -0.2) is 67.7 Å². The number of nitrogens with zero attached hydrogens (tertiary/aromatic N) is 2. The Labute approximate surface area is 122 Å². The molecule has 0 aromatic carbocycles. The maximum atomic E-state index is 12.3. The average molecular weight is 283 g/mol. The Morgan fingerprint density at radius 2 is 2.00 bits per heavy atom.